The Bertz CT molecular complexity index is 8980. The molecule has 0 radical (unpaired) electrons. The van der Waals surface area contributed by atoms with Gasteiger partial charge in [-0.15, -0.1) is 0 Å². The molecule has 0 saturated carbocycles. The monoisotopic (exact) mass is 1790 g/mol. The van der Waals surface area contributed by atoms with Crippen molar-refractivity contribution in [3.63, 3.8) is 0 Å². The van der Waals surface area contributed by atoms with E-state index in [9.17, 15) is 0 Å². The summed E-state index contributed by atoms with van der Waals surface area (Å²) in [5.41, 5.74) is 31.8. The maximum atomic E-state index is 6.89. The SMILES string of the molecule is c1ccc(-c2c3ccccc3c(-c3ccccc3-c3ccc4c(c3)B3c5ccccc5Oc5cccc(c53)O4)c3ccccc23)cc1.c1ccc(-c2c3ccccc3c(-c3ccccc3-c3ccc4c5c3Oc3ccccc3B5c3ccccc3O4)c3ccccc23)cc1.c1ccc(-c2c3ccccc3c(-c3ccccc3-c3cccc4c3Oc3cccc5c3B4c3ccccc3O5)c3ccccc23)cc1. The molecule has 6 nitrogen and oxygen atoms in total. The van der Waals surface area contributed by atoms with Crippen molar-refractivity contribution in [1.29, 1.82) is 0 Å². The normalized spacial score (nSPS) is 12.6. The van der Waals surface area contributed by atoms with Gasteiger partial charge < -0.3 is 28.4 Å². The molecule has 0 bridgehead atoms. The van der Waals surface area contributed by atoms with E-state index >= 15 is 0 Å². The first kappa shape index (κ1) is 81.2. The van der Waals surface area contributed by atoms with Crippen molar-refractivity contribution >= 4 is 134 Å². The Kier molecular flexibility index (Phi) is 19.2. The van der Waals surface area contributed by atoms with Gasteiger partial charge in [-0.05, 0) is 253 Å². The van der Waals surface area contributed by atoms with E-state index < -0.39 is 0 Å². The lowest BCUT2D eigenvalue weighted by Crippen LogP contribution is -2.57. The van der Waals surface area contributed by atoms with Gasteiger partial charge in [-0.3, -0.25) is 0 Å². The number of fused-ring (bicyclic) bond motifs is 18. The van der Waals surface area contributed by atoms with Crippen molar-refractivity contribution in [1.82, 2.24) is 0 Å². The van der Waals surface area contributed by atoms with Crippen LogP contribution in [0.15, 0.2) is 491 Å². The zero-order valence-corrected chi connectivity index (χ0v) is 76.4. The maximum Gasteiger partial charge on any atom is 0.260 e. The van der Waals surface area contributed by atoms with Crippen molar-refractivity contribution in [2.45, 2.75) is 0 Å². The van der Waals surface area contributed by atoms with Gasteiger partial charge >= 0.3 is 0 Å². The standard InChI is InChI=1S/3C44H27BO2/c1-2-14-28(15-3-1)41-31-18-6-8-20-33(31)42(34-21-9-7-19-32(34)41)30-17-5-4-16-29(30)35-26-27-40-43-44(35)47-39-25-13-11-23-37(39)45(43)36-22-10-12-24-38(36)46-40;1-2-14-28(15-3-1)41-31-18-6-8-20-33(31)42(34-21-9-7-19-32(34)41)30-17-5-4-16-29(30)35-22-12-24-37-44(35)47-40-27-13-26-39-43(40)45(37)36-23-10-11-25-38(36)46-39;1-2-13-28(14-3-1)42-32-17-6-8-19-34(32)43(35-20-9-7-18-33(35)42)31-16-5-4-15-30(31)29-25-26-39-37(27-29)45-36-21-10-11-22-38(36)46-40-23-12-24-41(47-39)44(40)45/h3*1-27H. The van der Waals surface area contributed by atoms with Crippen LogP contribution in [0.3, 0.4) is 0 Å². The minimum absolute atomic E-state index is 0.0221. The van der Waals surface area contributed by atoms with Gasteiger partial charge in [-0.2, -0.15) is 0 Å². The molecule has 0 N–H and O–H groups in total. The second-order valence-electron chi connectivity index (χ2n) is 37.0. The highest BCUT2D eigenvalue weighted by Gasteiger charge is 2.45. The van der Waals surface area contributed by atoms with Crippen LogP contribution >= 0.6 is 0 Å². The fraction of sp³-hybridized carbons (Fsp3) is 0. The van der Waals surface area contributed by atoms with Crippen molar-refractivity contribution in [2.24, 2.45) is 0 Å². The fourth-order valence-electron chi connectivity index (χ4n) is 23.6. The molecule has 0 unspecified atom stereocenters. The molecule has 30 rings (SSSR count). The van der Waals surface area contributed by atoms with E-state index in [1.165, 1.54) is 137 Å². The molecule has 24 aromatic rings. The molecular weight excluding hydrogens is 1710 g/mol. The molecule has 6 heterocycles. The van der Waals surface area contributed by atoms with Crippen LogP contribution < -0.4 is 77.6 Å². The van der Waals surface area contributed by atoms with Gasteiger partial charge in [0.2, 0.25) is 0 Å². The third kappa shape index (κ3) is 13.1. The number of benzene rings is 24. The van der Waals surface area contributed by atoms with Gasteiger partial charge in [0.25, 0.3) is 20.1 Å². The summed E-state index contributed by atoms with van der Waals surface area (Å²) >= 11 is 0. The van der Waals surface area contributed by atoms with Crippen LogP contribution in [-0.4, -0.2) is 20.1 Å². The summed E-state index contributed by atoms with van der Waals surface area (Å²) in [4.78, 5) is 0. The summed E-state index contributed by atoms with van der Waals surface area (Å²) < 4.78 is 39.6. The molecule has 0 saturated heterocycles. The third-order valence-electron chi connectivity index (χ3n) is 29.4. The van der Waals surface area contributed by atoms with E-state index in [2.05, 4.69) is 443 Å². The summed E-state index contributed by atoms with van der Waals surface area (Å²) in [5.74, 6) is 10.5. The molecule has 141 heavy (non-hydrogen) atoms. The Labute approximate surface area is 817 Å². The van der Waals surface area contributed by atoms with Gasteiger partial charge in [0, 0.05) is 27.5 Å². The second-order valence-corrected chi connectivity index (χ2v) is 37.0. The zero-order valence-electron chi connectivity index (χ0n) is 76.4. The summed E-state index contributed by atoms with van der Waals surface area (Å²) in [5, 5.41) is 14.9. The number of para-hydroxylation sites is 5. The number of ether oxygens (including phenoxy) is 6. The summed E-state index contributed by atoms with van der Waals surface area (Å²) in [7, 11) is 0. The molecule has 0 amide bonds. The minimum Gasteiger partial charge on any atom is -0.458 e. The Balaban J connectivity index is 0.000000104. The molecule has 24 aromatic carbocycles. The molecular formula is C132H81B3O6. The van der Waals surface area contributed by atoms with Crippen LogP contribution in [0.1, 0.15) is 0 Å². The van der Waals surface area contributed by atoms with Crippen molar-refractivity contribution < 1.29 is 28.4 Å². The topological polar surface area (TPSA) is 55.4 Å². The van der Waals surface area contributed by atoms with Gasteiger partial charge in [0.1, 0.15) is 69.0 Å². The molecule has 0 spiro atoms. The van der Waals surface area contributed by atoms with Crippen LogP contribution in [0.25, 0.3) is 165 Å². The average Bonchev–Trinajstić information content (AvgIpc) is 0.722. The summed E-state index contributed by atoms with van der Waals surface area (Å²) in [6.07, 6.45) is 0. The van der Waals surface area contributed by atoms with Crippen LogP contribution in [-0.2, 0) is 0 Å². The molecule has 0 aliphatic carbocycles. The average molecular weight is 1800 g/mol. The van der Waals surface area contributed by atoms with E-state index in [0.717, 1.165) is 146 Å². The van der Waals surface area contributed by atoms with Gasteiger partial charge in [-0.1, -0.05) is 425 Å². The molecule has 0 aromatic heterocycles. The summed E-state index contributed by atoms with van der Waals surface area (Å²) in [6, 6.07) is 175. The Hall–Kier alpha value is -18.2. The fourth-order valence-corrected chi connectivity index (χ4v) is 23.6. The largest absolute Gasteiger partial charge is 0.458 e. The Morgan fingerprint density at radius 1 is 0.121 bits per heavy atom. The first-order chi connectivity index (χ1) is 70.0. The highest BCUT2D eigenvalue weighted by molar-refractivity contribution is 6.99. The van der Waals surface area contributed by atoms with Crippen molar-refractivity contribution in [2.75, 3.05) is 0 Å². The quantitative estimate of drug-likeness (QED) is 0.106. The van der Waals surface area contributed by atoms with Crippen LogP contribution in [0.2, 0.25) is 0 Å². The molecule has 9 heteroatoms. The summed E-state index contributed by atoms with van der Waals surface area (Å²) in [6.45, 7) is 0.0662. The highest BCUT2D eigenvalue weighted by Crippen LogP contribution is 2.54. The molecule has 654 valence electrons. The van der Waals surface area contributed by atoms with Crippen LogP contribution in [0, 0.1) is 0 Å². The lowest BCUT2D eigenvalue weighted by atomic mass is 9.34. The molecule has 6 aliphatic heterocycles. The lowest BCUT2D eigenvalue weighted by molar-refractivity contribution is 0.464. The molecule has 0 fully saturated rings. The van der Waals surface area contributed by atoms with Crippen LogP contribution in [0.4, 0.5) is 0 Å². The van der Waals surface area contributed by atoms with E-state index in [4.69, 9.17) is 28.4 Å². The number of hydrogen-bond acceptors (Lipinski definition) is 6. The minimum atomic E-state index is 0.0221. The predicted molar refractivity (Wildman–Crippen MR) is 586 cm³/mol. The van der Waals surface area contributed by atoms with E-state index in [1.54, 1.807) is 0 Å². The van der Waals surface area contributed by atoms with Crippen molar-refractivity contribution in [3.8, 4) is 169 Å². The zero-order chi connectivity index (χ0) is 92.7. The number of hydrogen-bond donors (Lipinski definition) is 0. The highest BCUT2D eigenvalue weighted by atomic mass is 16.5. The Morgan fingerprint density at radius 2 is 0.355 bits per heavy atom. The first-order valence-corrected chi connectivity index (χ1v) is 48.4. The smallest absolute Gasteiger partial charge is 0.260 e. The third-order valence-corrected chi connectivity index (χ3v) is 29.4. The van der Waals surface area contributed by atoms with E-state index in [-0.39, 0.29) is 20.1 Å². The van der Waals surface area contributed by atoms with E-state index in [0.29, 0.717) is 0 Å². The predicted octanol–water partition coefficient (Wildman–Crippen LogP) is 29.2. The van der Waals surface area contributed by atoms with Gasteiger partial charge in [0.05, 0.1) is 0 Å². The van der Waals surface area contributed by atoms with Gasteiger partial charge in [-0.25, -0.2) is 0 Å². The molecule has 6 aliphatic rings. The van der Waals surface area contributed by atoms with Gasteiger partial charge in [0.15, 0.2) is 0 Å². The molecule has 0 atom stereocenters. The second kappa shape index (κ2) is 33.4. The lowest BCUT2D eigenvalue weighted by Gasteiger charge is -2.34. The first-order valence-electron chi connectivity index (χ1n) is 48.4. The van der Waals surface area contributed by atoms with Crippen molar-refractivity contribution in [3.05, 3.63) is 491 Å². The maximum absolute atomic E-state index is 6.89. The number of rotatable bonds is 9. The van der Waals surface area contributed by atoms with Crippen LogP contribution in [0.5, 0.6) is 69.0 Å². The van der Waals surface area contributed by atoms with E-state index in [1.807, 2.05) is 48.5 Å². The Morgan fingerprint density at radius 3 is 0.738 bits per heavy atom.